The first-order valence-electron chi connectivity index (χ1n) is 6.06. The normalized spacial score (nSPS) is 10.7. The predicted octanol–water partition coefficient (Wildman–Crippen LogP) is 2.08. The van der Waals surface area contributed by atoms with Crippen LogP contribution in [-0.4, -0.2) is 20.8 Å². The van der Waals surface area contributed by atoms with Crippen molar-refractivity contribution in [1.82, 2.24) is 20.1 Å². The Morgan fingerprint density at radius 1 is 1.53 bits per heavy atom. The second kappa shape index (κ2) is 5.55. The molecule has 0 spiro atoms. The molecule has 0 aromatic carbocycles. The van der Waals surface area contributed by atoms with Gasteiger partial charge in [0.05, 0.1) is 12.8 Å². The van der Waals surface area contributed by atoms with Crippen molar-refractivity contribution in [2.24, 2.45) is 0 Å². The van der Waals surface area contributed by atoms with Crippen molar-refractivity contribution in [2.75, 3.05) is 5.32 Å². The van der Waals surface area contributed by atoms with E-state index < -0.39 is 0 Å². The van der Waals surface area contributed by atoms with E-state index in [4.69, 9.17) is 4.42 Å². The smallest absolute Gasteiger partial charge is 0.322 e. The van der Waals surface area contributed by atoms with Crippen LogP contribution < -0.4 is 10.6 Å². The van der Waals surface area contributed by atoms with Gasteiger partial charge in [0.2, 0.25) is 5.95 Å². The molecule has 2 heterocycles. The zero-order valence-electron chi connectivity index (χ0n) is 11.2. The molecule has 2 aromatic heterocycles. The van der Waals surface area contributed by atoms with E-state index in [0.717, 1.165) is 5.82 Å². The molecule has 0 radical (unpaired) electrons. The molecule has 102 valence electrons. The third kappa shape index (κ3) is 3.34. The van der Waals surface area contributed by atoms with Gasteiger partial charge in [0.25, 0.3) is 0 Å². The number of furan rings is 1. The van der Waals surface area contributed by atoms with Crippen molar-refractivity contribution in [2.45, 2.75) is 33.4 Å². The second-order valence-corrected chi connectivity index (χ2v) is 4.41. The quantitative estimate of drug-likeness (QED) is 0.884. The van der Waals surface area contributed by atoms with Gasteiger partial charge in [0.1, 0.15) is 11.6 Å². The van der Waals surface area contributed by atoms with Crippen LogP contribution in [0.1, 0.15) is 31.5 Å². The molecule has 0 bridgehead atoms. The highest BCUT2D eigenvalue weighted by molar-refractivity contribution is 5.87. The van der Waals surface area contributed by atoms with Gasteiger partial charge in [-0.05, 0) is 32.9 Å². The number of carbonyl (C=O) groups excluding carboxylic acids is 1. The Labute approximate surface area is 111 Å². The van der Waals surface area contributed by atoms with E-state index in [1.54, 1.807) is 23.1 Å². The zero-order chi connectivity index (χ0) is 13.8. The molecule has 2 aromatic rings. The summed E-state index contributed by atoms with van der Waals surface area (Å²) in [4.78, 5) is 15.8. The molecule has 2 rings (SSSR count). The number of nitrogens with one attached hydrogen (secondary N) is 2. The van der Waals surface area contributed by atoms with Gasteiger partial charge >= 0.3 is 6.03 Å². The summed E-state index contributed by atoms with van der Waals surface area (Å²) in [6.45, 7) is 6.17. The van der Waals surface area contributed by atoms with E-state index in [2.05, 4.69) is 20.7 Å². The lowest BCUT2D eigenvalue weighted by atomic mass is 10.4. The standard InChI is InChI=1S/C12H17N5O2/c1-8(2)17-9(3)14-11(16-17)15-12(18)13-7-10-5-4-6-19-10/h4-6,8H,7H2,1-3H3,(H2,13,15,16,18). The summed E-state index contributed by atoms with van der Waals surface area (Å²) in [7, 11) is 0. The summed E-state index contributed by atoms with van der Waals surface area (Å²) < 4.78 is 6.86. The van der Waals surface area contributed by atoms with Crippen molar-refractivity contribution in [3.8, 4) is 0 Å². The molecule has 0 aliphatic carbocycles. The fourth-order valence-corrected chi connectivity index (χ4v) is 1.67. The minimum Gasteiger partial charge on any atom is -0.467 e. The maximum atomic E-state index is 11.6. The first-order valence-corrected chi connectivity index (χ1v) is 6.06. The predicted molar refractivity (Wildman–Crippen MR) is 69.7 cm³/mol. The fourth-order valence-electron chi connectivity index (χ4n) is 1.67. The van der Waals surface area contributed by atoms with Gasteiger partial charge in [0, 0.05) is 6.04 Å². The van der Waals surface area contributed by atoms with Crippen LogP contribution in [-0.2, 0) is 6.54 Å². The van der Waals surface area contributed by atoms with E-state index in [-0.39, 0.29) is 12.1 Å². The summed E-state index contributed by atoms with van der Waals surface area (Å²) in [6.07, 6.45) is 1.56. The van der Waals surface area contributed by atoms with Gasteiger partial charge in [-0.3, -0.25) is 5.32 Å². The molecule has 2 N–H and O–H groups in total. The van der Waals surface area contributed by atoms with Gasteiger partial charge in [-0.1, -0.05) is 0 Å². The number of aromatic nitrogens is 3. The largest absolute Gasteiger partial charge is 0.467 e. The van der Waals surface area contributed by atoms with E-state index in [1.807, 2.05) is 20.8 Å². The monoisotopic (exact) mass is 263 g/mol. The number of urea groups is 1. The third-order valence-electron chi connectivity index (χ3n) is 2.52. The molecule has 7 nitrogen and oxygen atoms in total. The summed E-state index contributed by atoms with van der Waals surface area (Å²) in [5.41, 5.74) is 0. The molecule has 19 heavy (non-hydrogen) atoms. The lowest BCUT2D eigenvalue weighted by molar-refractivity contribution is 0.250. The molecule has 0 unspecified atom stereocenters. The molecule has 2 amide bonds. The van der Waals surface area contributed by atoms with Crippen LogP contribution >= 0.6 is 0 Å². The summed E-state index contributed by atoms with van der Waals surface area (Å²) >= 11 is 0. The average molecular weight is 263 g/mol. The number of amides is 2. The summed E-state index contributed by atoms with van der Waals surface area (Å²) in [6, 6.07) is 3.40. The Hall–Kier alpha value is -2.31. The number of nitrogens with zero attached hydrogens (tertiary/aromatic N) is 3. The van der Waals surface area contributed by atoms with Gasteiger partial charge in [0.15, 0.2) is 0 Å². The highest BCUT2D eigenvalue weighted by atomic mass is 16.3. The third-order valence-corrected chi connectivity index (χ3v) is 2.52. The van der Waals surface area contributed by atoms with Gasteiger partial charge in [-0.15, -0.1) is 5.10 Å². The minimum absolute atomic E-state index is 0.203. The molecular weight excluding hydrogens is 246 g/mol. The Morgan fingerprint density at radius 2 is 2.32 bits per heavy atom. The van der Waals surface area contributed by atoms with Crippen LogP contribution in [0.5, 0.6) is 0 Å². The van der Waals surface area contributed by atoms with E-state index in [9.17, 15) is 4.79 Å². The SMILES string of the molecule is Cc1nc(NC(=O)NCc2ccco2)nn1C(C)C. The van der Waals surface area contributed by atoms with Crippen molar-refractivity contribution >= 4 is 12.0 Å². The fraction of sp³-hybridized carbons (Fsp3) is 0.417. The molecule has 0 fully saturated rings. The van der Waals surface area contributed by atoms with E-state index >= 15 is 0 Å². The van der Waals surface area contributed by atoms with E-state index in [1.165, 1.54) is 0 Å². The molecule has 0 aliphatic rings. The average Bonchev–Trinajstić information content (AvgIpc) is 2.96. The van der Waals surface area contributed by atoms with Crippen LogP contribution in [0.25, 0.3) is 0 Å². The summed E-state index contributed by atoms with van der Waals surface area (Å²) in [5, 5.41) is 9.45. The van der Waals surface area contributed by atoms with Crippen LogP contribution in [0.15, 0.2) is 22.8 Å². The summed E-state index contributed by atoms with van der Waals surface area (Å²) in [5.74, 6) is 1.74. The highest BCUT2D eigenvalue weighted by Gasteiger charge is 2.11. The van der Waals surface area contributed by atoms with Crippen LogP contribution in [0.3, 0.4) is 0 Å². The Balaban J connectivity index is 1.90. The van der Waals surface area contributed by atoms with Gasteiger partial charge in [-0.25, -0.2) is 9.48 Å². The first-order chi connectivity index (χ1) is 9.06. The minimum atomic E-state index is -0.364. The Kier molecular flexibility index (Phi) is 3.84. The van der Waals surface area contributed by atoms with Crippen LogP contribution in [0.4, 0.5) is 10.7 Å². The van der Waals surface area contributed by atoms with Gasteiger partial charge < -0.3 is 9.73 Å². The Morgan fingerprint density at radius 3 is 2.89 bits per heavy atom. The highest BCUT2D eigenvalue weighted by Crippen LogP contribution is 2.09. The lowest BCUT2D eigenvalue weighted by Crippen LogP contribution is -2.28. The van der Waals surface area contributed by atoms with Crippen molar-refractivity contribution in [1.29, 1.82) is 0 Å². The molecule has 0 saturated heterocycles. The first kappa shape index (κ1) is 13.1. The second-order valence-electron chi connectivity index (χ2n) is 4.41. The van der Waals surface area contributed by atoms with Crippen molar-refractivity contribution in [3.63, 3.8) is 0 Å². The number of anilines is 1. The topological polar surface area (TPSA) is 85.0 Å². The molecule has 7 heteroatoms. The number of hydrogen-bond donors (Lipinski definition) is 2. The Bertz CT molecular complexity index is 544. The van der Waals surface area contributed by atoms with Crippen molar-refractivity contribution in [3.05, 3.63) is 30.0 Å². The number of carbonyl (C=O) groups is 1. The maximum absolute atomic E-state index is 11.6. The number of rotatable bonds is 4. The van der Waals surface area contributed by atoms with Crippen LogP contribution in [0, 0.1) is 6.92 Å². The van der Waals surface area contributed by atoms with Crippen molar-refractivity contribution < 1.29 is 9.21 Å². The van der Waals surface area contributed by atoms with Gasteiger partial charge in [-0.2, -0.15) is 4.98 Å². The zero-order valence-corrected chi connectivity index (χ0v) is 11.2. The van der Waals surface area contributed by atoms with Crippen LogP contribution in [0.2, 0.25) is 0 Å². The molecular formula is C12H17N5O2. The molecule has 0 atom stereocenters. The lowest BCUT2D eigenvalue weighted by Gasteiger charge is -2.05. The molecule has 0 saturated carbocycles. The maximum Gasteiger partial charge on any atom is 0.322 e. The number of hydrogen-bond acceptors (Lipinski definition) is 4. The van der Waals surface area contributed by atoms with E-state index in [0.29, 0.717) is 18.3 Å². The number of aryl methyl sites for hydroxylation is 1. The molecule has 0 aliphatic heterocycles.